The molecule has 0 unspecified atom stereocenters. The fourth-order valence-electron chi connectivity index (χ4n) is 1.88. The molecule has 0 spiro atoms. The van der Waals surface area contributed by atoms with Crippen LogP contribution in [0, 0.1) is 0 Å². The first kappa shape index (κ1) is 12.8. The van der Waals surface area contributed by atoms with E-state index in [4.69, 9.17) is 0 Å². The van der Waals surface area contributed by atoms with Gasteiger partial charge in [-0.2, -0.15) is 5.10 Å². The first-order chi connectivity index (χ1) is 8.47. The van der Waals surface area contributed by atoms with Gasteiger partial charge in [-0.3, -0.25) is 9.48 Å². The van der Waals surface area contributed by atoms with E-state index < -0.39 is 0 Å². The molecule has 2 aromatic rings. The molecule has 0 fully saturated rings. The Morgan fingerprint density at radius 1 is 1.28 bits per heavy atom. The standard InChI is InChI=1S/C14H19N3O/c1-14(2,3)15-8-9-17-12-7-5-4-6-11(12)13(18)10-16-17/h4-7,10,15H,8-9H2,1-3H3. The number of nitrogens with one attached hydrogen (secondary N) is 1. The van der Waals surface area contributed by atoms with Crippen LogP contribution in [0.2, 0.25) is 0 Å². The molecule has 0 radical (unpaired) electrons. The maximum Gasteiger partial charge on any atom is 0.207 e. The van der Waals surface area contributed by atoms with Crippen molar-refractivity contribution in [3.8, 4) is 0 Å². The van der Waals surface area contributed by atoms with E-state index >= 15 is 0 Å². The second-order valence-corrected chi connectivity index (χ2v) is 5.43. The first-order valence-electron chi connectivity index (χ1n) is 6.17. The summed E-state index contributed by atoms with van der Waals surface area (Å²) in [6.07, 6.45) is 1.39. The number of aromatic nitrogens is 2. The molecule has 2 rings (SSSR count). The highest BCUT2D eigenvalue weighted by Crippen LogP contribution is 2.07. The molecule has 0 aliphatic carbocycles. The van der Waals surface area contributed by atoms with Gasteiger partial charge < -0.3 is 5.32 Å². The van der Waals surface area contributed by atoms with Crippen molar-refractivity contribution in [3.63, 3.8) is 0 Å². The molecule has 0 aliphatic rings. The average Bonchev–Trinajstić information content (AvgIpc) is 2.31. The average molecular weight is 245 g/mol. The fourth-order valence-corrected chi connectivity index (χ4v) is 1.88. The molecule has 0 bridgehead atoms. The SMILES string of the molecule is CC(C)(C)NCCn1ncc(=O)c2ccccc21. The van der Waals surface area contributed by atoms with Crippen LogP contribution in [0.3, 0.4) is 0 Å². The van der Waals surface area contributed by atoms with E-state index in [1.165, 1.54) is 6.20 Å². The minimum atomic E-state index is -0.0226. The number of hydrogen-bond donors (Lipinski definition) is 1. The zero-order valence-corrected chi connectivity index (χ0v) is 11.1. The van der Waals surface area contributed by atoms with Crippen molar-refractivity contribution in [1.29, 1.82) is 0 Å². The molecule has 18 heavy (non-hydrogen) atoms. The van der Waals surface area contributed by atoms with Gasteiger partial charge in [0.1, 0.15) is 0 Å². The van der Waals surface area contributed by atoms with Crippen LogP contribution in [-0.2, 0) is 6.54 Å². The van der Waals surface area contributed by atoms with Crippen molar-refractivity contribution in [1.82, 2.24) is 15.1 Å². The first-order valence-corrected chi connectivity index (χ1v) is 6.17. The Bertz CT molecular complexity index is 596. The maximum absolute atomic E-state index is 11.7. The summed E-state index contributed by atoms with van der Waals surface area (Å²) in [5.74, 6) is 0. The molecule has 0 atom stereocenters. The highest BCUT2D eigenvalue weighted by Gasteiger charge is 2.08. The molecule has 4 nitrogen and oxygen atoms in total. The molecule has 1 aromatic heterocycles. The van der Waals surface area contributed by atoms with Crippen molar-refractivity contribution >= 4 is 10.9 Å². The van der Waals surface area contributed by atoms with Crippen molar-refractivity contribution in [2.45, 2.75) is 32.9 Å². The Kier molecular flexibility index (Phi) is 3.48. The molecule has 1 N–H and O–H groups in total. The molecule has 1 aromatic carbocycles. The van der Waals surface area contributed by atoms with E-state index in [0.717, 1.165) is 24.0 Å². The summed E-state index contributed by atoms with van der Waals surface area (Å²) >= 11 is 0. The van der Waals surface area contributed by atoms with Crippen LogP contribution in [0.5, 0.6) is 0 Å². The van der Waals surface area contributed by atoms with Gasteiger partial charge in [0.15, 0.2) is 0 Å². The summed E-state index contributed by atoms with van der Waals surface area (Å²) in [6, 6.07) is 7.58. The molecular formula is C14H19N3O. The Morgan fingerprint density at radius 2 is 2.00 bits per heavy atom. The van der Waals surface area contributed by atoms with Gasteiger partial charge in [-0.05, 0) is 32.9 Å². The van der Waals surface area contributed by atoms with E-state index in [1.807, 2.05) is 28.9 Å². The monoisotopic (exact) mass is 245 g/mol. The van der Waals surface area contributed by atoms with Crippen molar-refractivity contribution < 1.29 is 0 Å². The number of hydrogen-bond acceptors (Lipinski definition) is 3. The van der Waals surface area contributed by atoms with Crippen LogP contribution in [-0.4, -0.2) is 21.9 Å². The van der Waals surface area contributed by atoms with Gasteiger partial charge in [0.2, 0.25) is 5.43 Å². The van der Waals surface area contributed by atoms with Crippen LogP contribution in [0.15, 0.2) is 35.3 Å². The third-order valence-electron chi connectivity index (χ3n) is 2.74. The predicted octanol–water partition coefficient (Wildman–Crippen LogP) is 1.78. The van der Waals surface area contributed by atoms with Gasteiger partial charge in [0, 0.05) is 17.5 Å². The third kappa shape index (κ3) is 2.96. The molecular weight excluding hydrogens is 226 g/mol. The summed E-state index contributed by atoms with van der Waals surface area (Å²) in [6.45, 7) is 7.96. The molecule has 0 aliphatic heterocycles. The predicted molar refractivity (Wildman–Crippen MR) is 73.8 cm³/mol. The summed E-state index contributed by atoms with van der Waals surface area (Å²) < 4.78 is 1.87. The lowest BCUT2D eigenvalue weighted by molar-refractivity contribution is 0.406. The van der Waals surface area contributed by atoms with E-state index in [0.29, 0.717) is 0 Å². The molecule has 0 saturated heterocycles. The highest BCUT2D eigenvalue weighted by atomic mass is 16.1. The quantitative estimate of drug-likeness (QED) is 0.896. The topological polar surface area (TPSA) is 46.9 Å². The molecule has 4 heteroatoms. The number of para-hydroxylation sites is 1. The van der Waals surface area contributed by atoms with Crippen LogP contribution in [0.25, 0.3) is 10.9 Å². The van der Waals surface area contributed by atoms with Crippen LogP contribution in [0.1, 0.15) is 20.8 Å². The van der Waals surface area contributed by atoms with Gasteiger partial charge in [0.05, 0.1) is 18.3 Å². The molecule has 0 saturated carbocycles. The van der Waals surface area contributed by atoms with Crippen molar-refractivity contribution in [3.05, 3.63) is 40.7 Å². The minimum absolute atomic E-state index is 0.0226. The van der Waals surface area contributed by atoms with Gasteiger partial charge in [0.25, 0.3) is 0 Å². The van der Waals surface area contributed by atoms with E-state index in [9.17, 15) is 4.79 Å². The van der Waals surface area contributed by atoms with Gasteiger partial charge in [-0.15, -0.1) is 0 Å². The number of rotatable bonds is 3. The van der Waals surface area contributed by atoms with Gasteiger partial charge in [-0.1, -0.05) is 12.1 Å². The molecule has 96 valence electrons. The third-order valence-corrected chi connectivity index (χ3v) is 2.74. The Labute approximate surface area is 107 Å². The summed E-state index contributed by atoms with van der Waals surface area (Å²) in [5.41, 5.74) is 0.959. The van der Waals surface area contributed by atoms with E-state index in [-0.39, 0.29) is 11.0 Å². The second kappa shape index (κ2) is 4.90. The van der Waals surface area contributed by atoms with Crippen molar-refractivity contribution in [2.75, 3.05) is 6.54 Å². The number of fused-ring (bicyclic) bond motifs is 1. The van der Waals surface area contributed by atoms with E-state index in [1.54, 1.807) is 0 Å². The maximum atomic E-state index is 11.7. The second-order valence-electron chi connectivity index (χ2n) is 5.43. The van der Waals surface area contributed by atoms with Crippen LogP contribution >= 0.6 is 0 Å². The lowest BCUT2D eigenvalue weighted by Gasteiger charge is -2.21. The Balaban J connectivity index is 2.24. The highest BCUT2D eigenvalue weighted by molar-refractivity contribution is 5.77. The minimum Gasteiger partial charge on any atom is -0.310 e. The Morgan fingerprint density at radius 3 is 2.72 bits per heavy atom. The lowest BCUT2D eigenvalue weighted by atomic mass is 10.1. The van der Waals surface area contributed by atoms with Crippen LogP contribution in [0.4, 0.5) is 0 Å². The van der Waals surface area contributed by atoms with Crippen molar-refractivity contribution in [2.24, 2.45) is 0 Å². The normalized spacial score (nSPS) is 11.9. The zero-order valence-electron chi connectivity index (χ0n) is 11.1. The zero-order chi connectivity index (χ0) is 13.2. The fraction of sp³-hybridized carbons (Fsp3) is 0.429. The largest absolute Gasteiger partial charge is 0.310 e. The number of benzene rings is 1. The Hall–Kier alpha value is -1.68. The summed E-state index contributed by atoms with van der Waals surface area (Å²) in [5, 5.41) is 8.33. The molecule has 1 heterocycles. The smallest absolute Gasteiger partial charge is 0.207 e. The van der Waals surface area contributed by atoms with Crippen LogP contribution < -0.4 is 10.7 Å². The lowest BCUT2D eigenvalue weighted by Crippen LogP contribution is -2.38. The van der Waals surface area contributed by atoms with Gasteiger partial charge >= 0.3 is 0 Å². The summed E-state index contributed by atoms with van der Waals surface area (Å²) in [4.78, 5) is 11.7. The molecule has 0 amide bonds. The van der Waals surface area contributed by atoms with E-state index in [2.05, 4.69) is 31.2 Å². The number of nitrogens with zero attached hydrogens (tertiary/aromatic N) is 2. The summed E-state index contributed by atoms with van der Waals surface area (Å²) in [7, 11) is 0. The van der Waals surface area contributed by atoms with Gasteiger partial charge in [-0.25, -0.2) is 0 Å².